The Balaban J connectivity index is 1.61. The fraction of sp³-hybridized carbons (Fsp3) is 0.486. The number of anilines is 2. The summed E-state index contributed by atoms with van der Waals surface area (Å²) in [5, 5.41) is 11.2. The molecule has 5 rings (SSSR count). The van der Waals surface area contributed by atoms with Crippen LogP contribution in [0.2, 0.25) is 5.02 Å². The van der Waals surface area contributed by atoms with Gasteiger partial charge in [0.1, 0.15) is 17.4 Å². The number of hydrogen-bond acceptors (Lipinski definition) is 6. The Morgan fingerprint density at radius 3 is 2.15 bits per heavy atom. The number of likely N-dealkylation sites (tertiary alicyclic amines) is 1. The third-order valence-corrected chi connectivity index (χ3v) is 10.1. The van der Waals surface area contributed by atoms with Crippen LogP contribution in [-0.4, -0.2) is 77.3 Å². The highest BCUT2D eigenvalue weighted by molar-refractivity contribution is 6.30. The molecule has 10 heteroatoms. The number of aliphatic hydroxyl groups excluding tert-OH is 1. The third-order valence-electron chi connectivity index (χ3n) is 9.82. The first kappa shape index (κ1) is 34.7. The van der Waals surface area contributed by atoms with E-state index >= 15 is 0 Å². The van der Waals surface area contributed by atoms with E-state index in [1.165, 1.54) is 0 Å². The van der Waals surface area contributed by atoms with Crippen molar-refractivity contribution in [2.75, 3.05) is 36.1 Å². The molecule has 3 heterocycles. The van der Waals surface area contributed by atoms with Crippen molar-refractivity contribution < 1.29 is 29.0 Å². The normalized spacial score (nSPS) is 26.7. The van der Waals surface area contributed by atoms with Gasteiger partial charge in [-0.05, 0) is 87.6 Å². The number of nitrogens with zero attached hydrogens (tertiary/aromatic N) is 3. The van der Waals surface area contributed by atoms with E-state index in [0.29, 0.717) is 48.0 Å². The van der Waals surface area contributed by atoms with Crippen molar-refractivity contribution in [3.63, 3.8) is 0 Å². The SMILES string of the molecule is C=CCN(C(=O)C1N([C@@H](CO)CC(C)C)C(=O)[C@@H]2[C@@H](C(=O)N(CC=C)c3ccc(OCC)cc3)[C@@]3(C)CCC12O3)c1ccc(Cl)cc1. The molecular formula is C37H46ClN3O6. The third kappa shape index (κ3) is 6.09. The molecule has 2 unspecified atom stereocenters. The second-order valence-electron chi connectivity index (χ2n) is 13.3. The number of halogens is 1. The molecule has 2 bridgehead atoms. The van der Waals surface area contributed by atoms with Crippen molar-refractivity contribution in [3.05, 3.63) is 78.9 Å². The molecule has 1 spiro atoms. The molecule has 252 valence electrons. The quantitative estimate of drug-likeness (QED) is 0.263. The maximum atomic E-state index is 14.9. The number of ether oxygens (including phenoxy) is 2. The summed E-state index contributed by atoms with van der Waals surface area (Å²) in [7, 11) is 0. The number of rotatable bonds is 14. The highest BCUT2D eigenvalue weighted by Gasteiger charge is 2.79. The molecule has 3 aliphatic rings. The van der Waals surface area contributed by atoms with E-state index in [1.54, 1.807) is 51.1 Å². The lowest BCUT2D eigenvalue weighted by atomic mass is 9.66. The summed E-state index contributed by atoms with van der Waals surface area (Å²) in [6, 6.07) is 12.5. The van der Waals surface area contributed by atoms with Crippen molar-refractivity contribution in [1.82, 2.24) is 4.90 Å². The molecule has 3 saturated heterocycles. The lowest BCUT2D eigenvalue weighted by molar-refractivity contribution is -0.148. The molecule has 1 N–H and O–H groups in total. The summed E-state index contributed by atoms with van der Waals surface area (Å²) < 4.78 is 12.5. The van der Waals surface area contributed by atoms with Crippen molar-refractivity contribution >= 4 is 40.7 Å². The Morgan fingerprint density at radius 1 is 1.04 bits per heavy atom. The maximum absolute atomic E-state index is 14.9. The van der Waals surface area contributed by atoms with Gasteiger partial charge < -0.3 is 29.3 Å². The Hall–Kier alpha value is -3.66. The molecule has 0 saturated carbocycles. The van der Waals surface area contributed by atoms with E-state index in [4.69, 9.17) is 21.1 Å². The van der Waals surface area contributed by atoms with Crippen LogP contribution in [0.5, 0.6) is 5.75 Å². The molecule has 3 aliphatic heterocycles. The number of fused-ring (bicyclic) bond motifs is 1. The van der Waals surface area contributed by atoms with E-state index < -0.39 is 35.1 Å². The largest absolute Gasteiger partial charge is 0.494 e. The van der Waals surface area contributed by atoms with Crippen molar-refractivity contribution in [1.29, 1.82) is 0 Å². The van der Waals surface area contributed by atoms with Crippen LogP contribution < -0.4 is 14.5 Å². The molecule has 0 aromatic heterocycles. The van der Waals surface area contributed by atoms with Crippen LogP contribution in [0.3, 0.4) is 0 Å². The predicted octanol–water partition coefficient (Wildman–Crippen LogP) is 5.65. The number of amides is 3. The minimum absolute atomic E-state index is 0.129. The molecule has 0 radical (unpaired) electrons. The van der Waals surface area contributed by atoms with E-state index in [-0.39, 0.29) is 43.3 Å². The molecule has 2 aromatic carbocycles. The standard InChI is InChI=1S/C37H46ClN3O6/c1-7-20-39(27-14-16-29(17-15-27)46-9-3)33(43)30-31-34(44)41(28(23-42)22-24(4)5)32(37(31)19-18-36(30,6)47-37)35(45)40(21-8-2)26-12-10-25(38)11-13-26/h7-8,10-17,24,28,30-32,42H,1-2,9,18-23H2,3-6H3/t28-,30+,31+,32?,36-,37?/m1/s1. The average Bonchev–Trinajstić information content (AvgIpc) is 3.62. The van der Waals surface area contributed by atoms with Crippen LogP contribution in [0.25, 0.3) is 0 Å². The smallest absolute Gasteiger partial charge is 0.253 e. The molecule has 0 aliphatic carbocycles. The summed E-state index contributed by atoms with van der Waals surface area (Å²) in [4.78, 5) is 49.2. The van der Waals surface area contributed by atoms with Gasteiger partial charge in [0.2, 0.25) is 11.8 Å². The Morgan fingerprint density at radius 2 is 1.62 bits per heavy atom. The molecular weight excluding hydrogens is 618 g/mol. The zero-order valence-electron chi connectivity index (χ0n) is 27.7. The Kier molecular flexibility index (Phi) is 10.2. The first-order valence-electron chi connectivity index (χ1n) is 16.4. The van der Waals surface area contributed by atoms with E-state index in [9.17, 15) is 19.5 Å². The molecule has 2 aromatic rings. The monoisotopic (exact) mass is 663 g/mol. The van der Waals surface area contributed by atoms with Gasteiger partial charge in [0, 0.05) is 29.5 Å². The topological polar surface area (TPSA) is 99.6 Å². The van der Waals surface area contributed by atoms with E-state index in [1.807, 2.05) is 52.0 Å². The zero-order valence-corrected chi connectivity index (χ0v) is 28.5. The van der Waals surface area contributed by atoms with Gasteiger partial charge in [-0.3, -0.25) is 14.4 Å². The van der Waals surface area contributed by atoms with Gasteiger partial charge >= 0.3 is 0 Å². The summed E-state index contributed by atoms with van der Waals surface area (Å²) >= 11 is 6.18. The van der Waals surface area contributed by atoms with Crippen LogP contribution in [0.1, 0.15) is 47.0 Å². The van der Waals surface area contributed by atoms with Gasteiger partial charge in [0.25, 0.3) is 5.91 Å². The highest BCUT2D eigenvalue weighted by Crippen LogP contribution is 2.64. The summed E-state index contributed by atoms with van der Waals surface area (Å²) in [6.45, 7) is 16.2. The number of carbonyl (C=O) groups excluding carboxylic acids is 3. The summed E-state index contributed by atoms with van der Waals surface area (Å²) in [6.07, 6.45) is 4.67. The second kappa shape index (κ2) is 13.8. The lowest BCUT2D eigenvalue weighted by Gasteiger charge is -2.40. The van der Waals surface area contributed by atoms with Gasteiger partial charge in [-0.25, -0.2) is 0 Å². The van der Waals surface area contributed by atoms with Crippen molar-refractivity contribution in [2.45, 2.75) is 70.2 Å². The average molecular weight is 664 g/mol. The Labute approximate surface area is 282 Å². The van der Waals surface area contributed by atoms with Gasteiger partial charge in [-0.2, -0.15) is 0 Å². The van der Waals surface area contributed by atoms with Crippen molar-refractivity contribution in [2.24, 2.45) is 17.8 Å². The molecule has 47 heavy (non-hydrogen) atoms. The van der Waals surface area contributed by atoms with Crippen LogP contribution >= 0.6 is 11.6 Å². The van der Waals surface area contributed by atoms with E-state index in [0.717, 1.165) is 0 Å². The lowest BCUT2D eigenvalue weighted by Crippen LogP contribution is -2.59. The van der Waals surface area contributed by atoms with Gasteiger partial charge in [-0.15, -0.1) is 13.2 Å². The van der Waals surface area contributed by atoms with Gasteiger partial charge in [0.05, 0.1) is 36.7 Å². The second-order valence-corrected chi connectivity index (χ2v) is 13.8. The van der Waals surface area contributed by atoms with Crippen LogP contribution in [0.15, 0.2) is 73.8 Å². The summed E-state index contributed by atoms with van der Waals surface area (Å²) in [5.41, 5.74) is -1.02. The first-order valence-corrected chi connectivity index (χ1v) is 16.8. The number of hydrogen-bond donors (Lipinski definition) is 1. The zero-order chi connectivity index (χ0) is 34.1. The number of carbonyl (C=O) groups is 3. The van der Waals surface area contributed by atoms with Crippen LogP contribution in [0.4, 0.5) is 11.4 Å². The summed E-state index contributed by atoms with van der Waals surface area (Å²) in [5.74, 6) is -1.93. The fourth-order valence-electron chi connectivity index (χ4n) is 7.96. The predicted molar refractivity (Wildman–Crippen MR) is 184 cm³/mol. The van der Waals surface area contributed by atoms with Gasteiger partial charge in [0.15, 0.2) is 0 Å². The van der Waals surface area contributed by atoms with Crippen LogP contribution in [-0.2, 0) is 19.1 Å². The molecule has 9 nitrogen and oxygen atoms in total. The first-order chi connectivity index (χ1) is 22.5. The number of benzene rings is 2. The van der Waals surface area contributed by atoms with E-state index in [2.05, 4.69) is 13.2 Å². The molecule has 3 amide bonds. The number of aliphatic hydroxyl groups is 1. The minimum Gasteiger partial charge on any atom is -0.494 e. The van der Waals surface area contributed by atoms with Gasteiger partial charge in [-0.1, -0.05) is 37.6 Å². The highest BCUT2D eigenvalue weighted by atomic mass is 35.5. The molecule has 3 fully saturated rings. The van der Waals surface area contributed by atoms with Crippen LogP contribution in [0, 0.1) is 17.8 Å². The minimum atomic E-state index is -1.27. The Bertz CT molecular complexity index is 1500. The van der Waals surface area contributed by atoms with Crippen molar-refractivity contribution in [3.8, 4) is 5.75 Å². The molecule has 6 atom stereocenters. The maximum Gasteiger partial charge on any atom is 0.253 e. The fourth-order valence-corrected chi connectivity index (χ4v) is 8.09.